The van der Waals surface area contributed by atoms with Crippen LogP contribution in [0.15, 0.2) is 18.2 Å². The molecule has 0 spiro atoms. The van der Waals surface area contributed by atoms with E-state index in [4.69, 9.17) is 9.47 Å². The molecule has 0 amide bonds. The largest absolute Gasteiger partial charge is 0.465 e. The van der Waals surface area contributed by atoms with E-state index in [-0.39, 0.29) is 5.97 Å². The summed E-state index contributed by atoms with van der Waals surface area (Å²) in [4.78, 5) is 11.4. The SMILES string of the molecule is COC(=O)c1ccc(C2CCOCC2)c(C)c1. The van der Waals surface area contributed by atoms with Crippen molar-refractivity contribution in [2.45, 2.75) is 25.7 Å². The number of carbonyl (C=O) groups excluding carboxylic acids is 1. The van der Waals surface area contributed by atoms with E-state index in [2.05, 4.69) is 13.0 Å². The van der Waals surface area contributed by atoms with Crippen LogP contribution in [0.25, 0.3) is 0 Å². The van der Waals surface area contributed by atoms with Gasteiger partial charge in [0.15, 0.2) is 0 Å². The summed E-state index contributed by atoms with van der Waals surface area (Å²) in [5.41, 5.74) is 3.13. The molecule has 0 atom stereocenters. The van der Waals surface area contributed by atoms with Crippen LogP contribution in [0.3, 0.4) is 0 Å². The molecule has 0 N–H and O–H groups in total. The van der Waals surface area contributed by atoms with Gasteiger partial charge < -0.3 is 9.47 Å². The van der Waals surface area contributed by atoms with Crippen molar-refractivity contribution in [3.05, 3.63) is 34.9 Å². The minimum absolute atomic E-state index is 0.272. The lowest BCUT2D eigenvalue weighted by atomic mass is 9.88. The number of rotatable bonds is 2. The van der Waals surface area contributed by atoms with Crippen LogP contribution in [-0.2, 0) is 9.47 Å². The van der Waals surface area contributed by atoms with Gasteiger partial charge in [0.25, 0.3) is 0 Å². The number of aryl methyl sites for hydroxylation is 1. The van der Waals surface area contributed by atoms with Gasteiger partial charge in [0.2, 0.25) is 0 Å². The number of carbonyl (C=O) groups is 1. The third-order valence-electron chi connectivity index (χ3n) is 3.35. The fourth-order valence-corrected chi connectivity index (χ4v) is 2.39. The quantitative estimate of drug-likeness (QED) is 0.738. The second kappa shape index (κ2) is 5.32. The molecule has 1 aliphatic rings. The molecular formula is C14H18O3. The minimum Gasteiger partial charge on any atom is -0.465 e. The van der Waals surface area contributed by atoms with Crippen molar-refractivity contribution in [3.63, 3.8) is 0 Å². The molecular weight excluding hydrogens is 216 g/mol. The van der Waals surface area contributed by atoms with Gasteiger partial charge in [-0.3, -0.25) is 0 Å². The average Bonchev–Trinajstić information content (AvgIpc) is 2.38. The Morgan fingerprint density at radius 1 is 1.35 bits per heavy atom. The van der Waals surface area contributed by atoms with Gasteiger partial charge >= 0.3 is 5.97 Å². The third-order valence-corrected chi connectivity index (χ3v) is 3.35. The summed E-state index contributed by atoms with van der Waals surface area (Å²) < 4.78 is 10.1. The first-order valence-corrected chi connectivity index (χ1v) is 5.99. The molecule has 1 heterocycles. The summed E-state index contributed by atoms with van der Waals surface area (Å²) in [6.45, 7) is 3.73. The molecule has 3 heteroatoms. The molecule has 0 radical (unpaired) electrons. The molecule has 1 aromatic rings. The maximum Gasteiger partial charge on any atom is 0.337 e. The van der Waals surface area contributed by atoms with Crippen molar-refractivity contribution in [1.82, 2.24) is 0 Å². The molecule has 1 aliphatic heterocycles. The van der Waals surface area contributed by atoms with E-state index >= 15 is 0 Å². The first kappa shape index (κ1) is 12.1. The Morgan fingerprint density at radius 3 is 2.65 bits per heavy atom. The van der Waals surface area contributed by atoms with Gasteiger partial charge in [-0.1, -0.05) is 6.07 Å². The Morgan fingerprint density at radius 2 is 2.06 bits per heavy atom. The van der Waals surface area contributed by atoms with Crippen LogP contribution < -0.4 is 0 Å². The zero-order valence-electron chi connectivity index (χ0n) is 10.4. The monoisotopic (exact) mass is 234 g/mol. The first-order valence-electron chi connectivity index (χ1n) is 5.99. The second-order valence-corrected chi connectivity index (χ2v) is 4.45. The van der Waals surface area contributed by atoms with Gasteiger partial charge in [-0.05, 0) is 48.9 Å². The Hall–Kier alpha value is -1.35. The normalized spacial score (nSPS) is 16.8. The molecule has 92 valence electrons. The van der Waals surface area contributed by atoms with Crippen molar-refractivity contribution >= 4 is 5.97 Å². The Kier molecular flexibility index (Phi) is 3.79. The molecule has 0 unspecified atom stereocenters. The van der Waals surface area contributed by atoms with Gasteiger partial charge in [-0.25, -0.2) is 4.79 Å². The Balaban J connectivity index is 2.21. The van der Waals surface area contributed by atoms with Crippen LogP contribution >= 0.6 is 0 Å². The molecule has 3 nitrogen and oxygen atoms in total. The molecule has 17 heavy (non-hydrogen) atoms. The zero-order chi connectivity index (χ0) is 12.3. The highest BCUT2D eigenvalue weighted by molar-refractivity contribution is 5.89. The molecule has 0 bridgehead atoms. The number of esters is 1. The predicted molar refractivity (Wildman–Crippen MR) is 65.3 cm³/mol. The lowest BCUT2D eigenvalue weighted by Gasteiger charge is -2.24. The van der Waals surface area contributed by atoms with Crippen LogP contribution in [0.5, 0.6) is 0 Å². The highest BCUT2D eigenvalue weighted by Crippen LogP contribution is 2.29. The van der Waals surface area contributed by atoms with Gasteiger partial charge in [-0.15, -0.1) is 0 Å². The summed E-state index contributed by atoms with van der Waals surface area (Å²) in [7, 11) is 1.41. The van der Waals surface area contributed by atoms with Crippen LogP contribution in [0, 0.1) is 6.92 Å². The van der Waals surface area contributed by atoms with Crippen LogP contribution in [0.2, 0.25) is 0 Å². The van der Waals surface area contributed by atoms with Gasteiger partial charge in [0.05, 0.1) is 12.7 Å². The fraction of sp³-hybridized carbons (Fsp3) is 0.500. The maximum absolute atomic E-state index is 11.4. The lowest BCUT2D eigenvalue weighted by Crippen LogP contribution is -2.15. The number of hydrogen-bond acceptors (Lipinski definition) is 3. The number of methoxy groups -OCH3 is 1. The standard InChI is InChI=1S/C14H18O3/c1-10-9-12(14(15)16-2)3-4-13(10)11-5-7-17-8-6-11/h3-4,9,11H,5-8H2,1-2H3. The summed E-state index contributed by atoms with van der Waals surface area (Å²) in [6.07, 6.45) is 2.14. The maximum atomic E-state index is 11.4. The summed E-state index contributed by atoms with van der Waals surface area (Å²) in [5.74, 6) is 0.294. The molecule has 2 rings (SSSR count). The summed E-state index contributed by atoms with van der Waals surface area (Å²) in [5, 5.41) is 0. The van der Waals surface area contributed by atoms with E-state index in [1.165, 1.54) is 18.2 Å². The van der Waals surface area contributed by atoms with E-state index in [9.17, 15) is 4.79 Å². The second-order valence-electron chi connectivity index (χ2n) is 4.45. The topological polar surface area (TPSA) is 35.5 Å². The van der Waals surface area contributed by atoms with E-state index in [0.29, 0.717) is 11.5 Å². The fourth-order valence-electron chi connectivity index (χ4n) is 2.39. The van der Waals surface area contributed by atoms with Crippen LogP contribution in [-0.4, -0.2) is 26.3 Å². The molecule has 1 aromatic carbocycles. The number of benzene rings is 1. The molecule has 0 aliphatic carbocycles. The molecule has 1 fully saturated rings. The van der Waals surface area contributed by atoms with Gasteiger partial charge in [-0.2, -0.15) is 0 Å². The number of ether oxygens (including phenoxy) is 2. The Bertz CT molecular complexity index is 406. The Labute approximate surface area is 102 Å². The highest BCUT2D eigenvalue weighted by atomic mass is 16.5. The summed E-state index contributed by atoms with van der Waals surface area (Å²) >= 11 is 0. The van der Waals surface area contributed by atoms with Crippen molar-refractivity contribution in [1.29, 1.82) is 0 Å². The molecule has 0 aromatic heterocycles. The van der Waals surface area contributed by atoms with Crippen molar-refractivity contribution < 1.29 is 14.3 Å². The smallest absolute Gasteiger partial charge is 0.337 e. The highest BCUT2D eigenvalue weighted by Gasteiger charge is 2.18. The van der Waals surface area contributed by atoms with E-state index in [1.807, 2.05) is 12.1 Å². The third kappa shape index (κ3) is 2.67. The van der Waals surface area contributed by atoms with Crippen LogP contribution in [0.1, 0.15) is 40.2 Å². The average molecular weight is 234 g/mol. The van der Waals surface area contributed by atoms with Crippen molar-refractivity contribution in [2.75, 3.05) is 20.3 Å². The minimum atomic E-state index is -0.272. The number of hydrogen-bond donors (Lipinski definition) is 0. The van der Waals surface area contributed by atoms with Gasteiger partial charge in [0.1, 0.15) is 0 Å². The molecule has 0 saturated carbocycles. The first-order chi connectivity index (χ1) is 8.22. The van der Waals surface area contributed by atoms with Gasteiger partial charge in [0, 0.05) is 13.2 Å². The zero-order valence-corrected chi connectivity index (χ0v) is 10.4. The van der Waals surface area contributed by atoms with Crippen molar-refractivity contribution in [3.8, 4) is 0 Å². The van der Waals surface area contributed by atoms with Crippen LogP contribution in [0.4, 0.5) is 0 Å². The lowest BCUT2D eigenvalue weighted by molar-refractivity contribution is 0.0600. The molecule has 1 saturated heterocycles. The van der Waals surface area contributed by atoms with E-state index < -0.39 is 0 Å². The predicted octanol–water partition coefficient (Wildman–Crippen LogP) is 2.68. The van der Waals surface area contributed by atoms with Crippen molar-refractivity contribution in [2.24, 2.45) is 0 Å². The summed E-state index contributed by atoms with van der Waals surface area (Å²) in [6, 6.07) is 5.82. The van der Waals surface area contributed by atoms with E-state index in [1.54, 1.807) is 0 Å². The van der Waals surface area contributed by atoms with E-state index in [0.717, 1.165) is 26.1 Å².